The van der Waals surface area contributed by atoms with E-state index in [2.05, 4.69) is 0 Å². The van der Waals surface area contributed by atoms with Crippen LogP contribution < -0.4 is 5.73 Å². The Kier molecular flexibility index (Phi) is 4.03. The molecule has 0 bridgehead atoms. The molecule has 0 aliphatic carbocycles. The van der Waals surface area contributed by atoms with Crippen LogP contribution in [0.25, 0.3) is 21.8 Å². The number of benzene rings is 3. The summed E-state index contributed by atoms with van der Waals surface area (Å²) in [5.41, 5.74) is 6.65. The standard InChI is InChI=1S/C21H15F3N2O2/c22-21(23,24)13-5-1-4-12(10-13)11-26-15-7-2-6-14(20(25)28)18(15)19-16(26)8-3-9-17(19)27/h1-10,27H,11H2,(H2,25,28). The van der Waals surface area contributed by atoms with Crippen LogP contribution in [0.2, 0.25) is 0 Å². The summed E-state index contributed by atoms with van der Waals surface area (Å²) < 4.78 is 40.9. The SMILES string of the molecule is NC(=O)c1cccc2c1c1c(O)cccc1n2Cc1cccc(C(F)(F)F)c1. The fourth-order valence-corrected chi connectivity index (χ4v) is 3.57. The molecule has 1 aromatic heterocycles. The molecule has 0 saturated carbocycles. The largest absolute Gasteiger partial charge is 0.507 e. The van der Waals surface area contributed by atoms with Crippen LogP contribution >= 0.6 is 0 Å². The molecule has 1 amide bonds. The molecular formula is C21H15F3N2O2. The summed E-state index contributed by atoms with van der Waals surface area (Å²) in [6.07, 6.45) is -4.44. The van der Waals surface area contributed by atoms with E-state index in [1.807, 2.05) is 0 Å². The zero-order valence-corrected chi connectivity index (χ0v) is 14.5. The first-order valence-electron chi connectivity index (χ1n) is 8.46. The van der Waals surface area contributed by atoms with Crippen molar-refractivity contribution < 1.29 is 23.1 Å². The zero-order valence-electron chi connectivity index (χ0n) is 14.5. The predicted octanol–water partition coefficient (Wildman–Crippen LogP) is 4.67. The second kappa shape index (κ2) is 6.30. The molecule has 142 valence electrons. The van der Waals surface area contributed by atoms with Gasteiger partial charge in [-0.3, -0.25) is 4.79 Å². The topological polar surface area (TPSA) is 68.2 Å². The number of halogens is 3. The summed E-state index contributed by atoms with van der Waals surface area (Å²) in [6, 6.07) is 14.9. The first kappa shape index (κ1) is 17.9. The monoisotopic (exact) mass is 384 g/mol. The Morgan fingerprint density at radius 2 is 1.61 bits per heavy atom. The van der Waals surface area contributed by atoms with E-state index >= 15 is 0 Å². The number of primary amides is 1. The highest BCUT2D eigenvalue weighted by molar-refractivity contribution is 6.19. The van der Waals surface area contributed by atoms with Crippen molar-refractivity contribution in [3.05, 3.63) is 77.4 Å². The number of carbonyl (C=O) groups is 1. The Morgan fingerprint density at radius 1 is 0.964 bits per heavy atom. The van der Waals surface area contributed by atoms with Crippen LogP contribution in [-0.4, -0.2) is 15.6 Å². The molecule has 28 heavy (non-hydrogen) atoms. The van der Waals surface area contributed by atoms with E-state index in [1.165, 1.54) is 12.1 Å². The van der Waals surface area contributed by atoms with Gasteiger partial charge in [0.2, 0.25) is 5.91 Å². The van der Waals surface area contributed by atoms with Crippen molar-refractivity contribution in [1.29, 1.82) is 0 Å². The summed E-state index contributed by atoms with van der Waals surface area (Å²) in [4.78, 5) is 11.9. The van der Waals surface area contributed by atoms with Crippen molar-refractivity contribution in [2.24, 2.45) is 5.73 Å². The third kappa shape index (κ3) is 2.85. The van der Waals surface area contributed by atoms with E-state index in [0.29, 0.717) is 27.4 Å². The summed E-state index contributed by atoms with van der Waals surface area (Å²) >= 11 is 0. The van der Waals surface area contributed by atoms with E-state index in [0.717, 1.165) is 12.1 Å². The van der Waals surface area contributed by atoms with E-state index in [1.54, 1.807) is 41.0 Å². The number of amides is 1. The van der Waals surface area contributed by atoms with Crippen LogP contribution in [0.5, 0.6) is 5.75 Å². The summed E-state index contributed by atoms with van der Waals surface area (Å²) in [7, 11) is 0. The summed E-state index contributed by atoms with van der Waals surface area (Å²) in [5.74, 6) is -0.675. The van der Waals surface area contributed by atoms with Gasteiger partial charge in [-0.2, -0.15) is 13.2 Å². The van der Waals surface area contributed by atoms with Crippen LogP contribution in [0.1, 0.15) is 21.5 Å². The number of nitrogens with two attached hydrogens (primary N) is 1. The molecule has 4 aromatic rings. The molecular weight excluding hydrogens is 369 g/mol. The van der Waals surface area contributed by atoms with E-state index < -0.39 is 17.6 Å². The van der Waals surface area contributed by atoms with Crippen LogP contribution in [-0.2, 0) is 12.7 Å². The minimum absolute atomic E-state index is 0.0287. The average Bonchev–Trinajstić information content (AvgIpc) is 2.96. The minimum Gasteiger partial charge on any atom is -0.507 e. The van der Waals surface area contributed by atoms with Crippen molar-refractivity contribution in [1.82, 2.24) is 4.57 Å². The lowest BCUT2D eigenvalue weighted by molar-refractivity contribution is -0.137. The molecule has 0 aliphatic rings. The Balaban J connectivity index is 1.99. The van der Waals surface area contributed by atoms with Gasteiger partial charge in [0.15, 0.2) is 0 Å². The lowest BCUT2D eigenvalue weighted by Crippen LogP contribution is -2.11. The number of alkyl halides is 3. The number of rotatable bonds is 3. The number of carbonyl (C=O) groups excluding carboxylic acids is 1. The normalized spacial score (nSPS) is 12.0. The Bertz CT molecular complexity index is 1230. The fraction of sp³-hybridized carbons (Fsp3) is 0.0952. The van der Waals surface area contributed by atoms with Crippen molar-refractivity contribution in [3.8, 4) is 5.75 Å². The number of phenolic OH excluding ortho intramolecular Hbond substituents is 1. The quantitative estimate of drug-likeness (QED) is 0.539. The maximum Gasteiger partial charge on any atom is 0.416 e. The van der Waals surface area contributed by atoms with Crippen LogP contribution in [0, 0.1) is 0 Å². The van der Waals surface area contributed by atoms with E-state index in [9.17, 15) is 23.1 Å². The number of aromatic hydroxyl groups is 1. The molecule has 0 saturated heterocycles. The van der Waals surface area contributed by atoms with Gasteiger partial charge < -0.3 is 15.4 Å². The van der Waals surface area contributed by atoms with Crippen molar-refractivity contribution in [2.45, 2.75) is 12.7 Å². The molecule has 4 rings (SSSR count). The first-order valence-corrected chi connectivity index (χ1v) is 8.46. The molecule has 4 nitrogen and oxygen atoms in total. The Labute approximate surface area is 157 Å². The third-order valence-corrected chi connectivity index (χ3v) is 4.75. The number of hydrogen-bond acceptors (Lipinski definition) is 2. The van der Waals surface area contributed by atoms with Crippen LogP contribution in [0.15, 0.2) is 60.7 Å². The van der Waals surface area contributed by atoms with Gasteiger partial charge in [-0.25, -0.2) is 0 Å². The van der Waals surface area contributed by atoms with Crippen LogP contribution in [0.3, 0.4) is 0 Å². The fourth-order valence-electron chi connectivity index (χ4n) is 3.57. The number of phenols is 1. The second-order valence-electron chi connectivity index (χ2n) is 6.52. The first-order chi connectivity index (χ1) is 13.3. The van der Waals surface area contributed by atoms with Gasteiger partial charge in [-0.15, -0.1) is 0 Å². The predicted molar refractivity (Wildman–Crippen MR) is 100 cm³/mol. The lowest BCUT2D eigenvalue weighted by atomic mass is 10.1. The molecule has 0 aliphatic heterocycles. The zero-order chi connectivity index (χ0) is 20.1. The number of hydrogen-bond donors (Lipinski definition) is 2. The van der Waals surface area contributed by atoms with Gasteiger partial charge in [-0.05, 0) is 42.0 Å². The molecule has 0 unspecified atom stereocenters. The molecule has 3 N–H and O–H groups in total. The average molecular weight is 384 g/mol. The summed E-state index contributed by atoms with van der Waals surface area (Å²) in [5, 5.41) is 11.3. The molecule has 0 atom stereocenters. The van der Waals surface area contributed by atoms with Crippen molar-refractivity contribution in [3.63, 3.8) is 0 Å². The lowest BCUT2D eigenvalue weighted by Gasteiger charge is -2.11. The molecule has 0 radical (unpaired) electrons. The molecule has 3 aromatic carbocycles. The number of aromatic nitrogens is 1. The highest BCUT2D eigenvalue weighted by atomic mass is 19.4. The Hall–Kier alpha value is -3.48. The second-order valence-corrected chi connectivity index (χ2v) is 6.52. The molecule has 1 heterocycles. The maximum absolute atomic E-state index is 13.1. The smallest absolute Gasteiger partial charge is 0.416 e. The Morgan fingerprint density at radius 3 is 2.29 bits per heavy atom. The van der Waals surface area contributed by atoms with Gasteiger partial charge in [-0.1, -0.05) is 24.3 Å². The highest BCUT2D eigenvalue weighted by Crippen LogP contribution is 2.37. The molecule has 7 heteroatoms. The van der Waals surface area contributed by atoms with Crippen molar-refractivity contribution >= 4 is 27.7 Å². The minimum atomic E-state index is -4.44. The molecule has 0 fully saturated rings. The van der Waals surface area contributed by atoms with Gasteiger partial charge in [0.25, 0.3) is 0 Å². The van der Waals surface area contributed by atoms with Gasteiger partial charge in [0.1, 0.15) is 5.75 Å². The van der Waals surface area contributed by atoms with Gasteiger partial charge in [0, 0.05) is 17.5 Å². The number of fused-ring (bicyclic) bond motifs is 3. The molecule has 0 spiro atoms. The van der Waals surface area contributed by atoms with E-state index in [-0.39, 0.29) is 17.9 Å². The van der Waals surface area contributed by atoms with Crippen LogP contribution in [0.4, 0.5) is 13.2 Å². The van der Waals surface area contributed by atoms with Gasteiger partial charge >= 0.3 is 6.18 Å². The van der Waals surface area contributed by atoms with Crippen molar-refractivity contribution in [2.75, 3.05) is 0 Å². The third-order valence-electron chi connectivity index (χ3n) is 4.75. The highest BCUT2D eigenvalue weighted by Gasteiger charge is 2.30. The summed E-state index contributed by atoms with van der Waals surface area (Å²) in [6.45, 7) is 0.135. The number of nitrogens with zero attached hydrogens (tertiary/aromatic N) is 1. The maximum atomic E-state index is 13.1. The van der Waals surface area contributed by atoms with Gasteiger partial charge in [0.05, 0.1) is 22.0 Å². The van der Waals surface area contributed by atoms with E-state index in [4.69, 9.17) is 5.73 Å².